The standard InChI is InChI=1S/C7H14O2/c1-3-4-5-6-7-9-8-2/h3H,1,4-7H2,2H3. The SMILES string of the molecule is C=CCCCCOOC. The first-order valence-electron chi connectivity index (χ1n) is 3.18. The second kappa shape index (κ2) is 7.66. The van der Waals surface area contributed by atoms with Crippen molar-refractivity contribution in [3.05, 3.63) is 12.7 Å². The van der Waals surface area contributed by atoms with Crippen molar-refractivity contribution in [3.63, 3.8) is 0 Å². The third-order valence-corrected chi connectivity index (χ3v) is 1.00. The zero-order chi connectivity index (χ0) is 6.95. The van der Waals surface area contributed by atoms with Crippen LogP contribution in [0.1, 0.15) is 19.3 Å². The topological polar surface area (TPSA) is 18.5 Å². The molecule has 0 aromatic rings. The number of rotatable bonds is 6. The van der Waals surface area contributed by atoms with E-state index in [1.54, 1.807) is 0 Å². The lowest BCUT2D eigenvalue weighted by Gasteiger charge is -1.96. The Morgan fingerprint density at radius 3 is 2.78 bits per heavy atom. The Morgan fingerprint density at radius 1 is 1.44 bits per heavy atom. The minimum Gasteiger partial charge on any atom is -0.240 e. The van der Waals surface area contributed by atoms with Gasteiger partial charge in [0, 0.05) is 0 Å². The maximum Gasteiger partial charge on any atom is 0.0822 e. The van der Waals surface area contributed by atoms with Gasteiger partial charge in [-0.05, 0) is 19.3 Å². The molecular formula is C7H14O2. The highest BCUT2D eigenvalue weighted by Crippen LogP contribution is 1.95. The fourth-order valence-electron chi connectivity index (χ4n) is 0.533. The molecule has 0 saturated heterocycles. The van der Waals surface area contributed by atoms with Crippen LogP contribution in [0.5, 0.6) is 0 Å². The van der Waals surface area contributed by atoms with E-state index in [4.69, 9.17) is 0 Å². The molecule has 0 unspecified atom stereocenters. The summed E-state index contributed by atoms with van der Waals surface area (Å²) >= 11 is 0. The average molecular weight is 130 g/mol. The molecule has 0 heterocycles. The van der Waals surface area contributed by atoms with E-state index in [9.17, 15) is 0 Å². The summed E-state index contributed by atoms with van der Waals surface area (Å²) in [6.45, 7) is 4.29. The van der Waals surface area contributed by atoms with Crippen LogP contribution in [0, 0.1) is 0 Å². The van der Waals surface area contributed by atoms with Crippen LogP contribution in [0.15, 0.2) is 12.7 Å². The van der Waals surface area contributed by atoms with E-state index in [2.05, 4.69) is 16.4 Å². The van der Waals surface area contributed by atoms with Gasteiger partial charge in [-0.3, -0.25) is 0 Å². The molecule has 0 spiro atoms. The Hall–Kier alpha value is -0.340. The molecule has 2 nitrogen and oxygen atoms in total. The van der Waals surface area contributed by atoms with E-state index in [-0.39, 0.29) is 0 Å². The van der Waals surface area contributed by atoms with Crippen molar-refractivity contribution < 1.29 is 9.78 Å². The van der Waals surface area contributed by atoms with Crippen molar-refractivity contribution in [2.75, 3.05) is 13.7 Å². The molecule has 9 heavy (non-hydrogen) atoms. The van der Waals surface area contributed by atoms with Gasteiger partial charge in [-0.1, -0.05) is 6.08 Å². The summed E-state index contributed by atoms with van der Waals surface area (Å²) < 4.78 is 0. The van der Waals surface area contributed by atoms with Crippen LogP contribution < -0.4 is 0 Å². The molecule has 0 aromatic heterocycles. The lowest BCUT2D eigenvalue weighted by atomic mass is 10.2. The predicted molar refractivity (Wildman–Crippen MR) is 37.0 cm³/mol. The van der Waals surface area contributed by atoms with Crippen molar-refractivity contribution in [1.29, 1.82) is 0 Å². The first kappa shape index (κ1) is 8.66. The maximum atomic E-state index is 4.65. The number of unbranched alkanes of at least 4 members (excludes halogenated alkanes) is 2. The summed E-state index contributed by atoms with van der Waals surface area (Å²) in [5, 5.41) is 0. The van der Waals surface area contributed by atoms with E-state index in [0.717, 1.165) is 19.3 Å². The van der Waals surface area contributed by atoms with Crippen LogP contribution in [0.2, 0.25) is 0 Å². The van der Waals surface area contributed by atoms with Crippen LogP contribution in [0.25, 0.3) is 0 Å². The van der Waals surface area contributed by atoms with Gasteiger partial charge in [0.15, 0.2) is 0 Å². The third-order valence-electron chi connectivity index (χ3n) is 1.00. The molecule has 0 aliphatic carbocycles. The number of hydrogen-bond donors (Lipinski definition) is 0. The van der Waals surface area contributed by atoms with Crippen LogP contribution >= 0.6 is 0 Å². The van der Waals surface area contributed by atoms with Gasteiger partial charge in [0.1, 0.15) is 0 Å². The quantitative estimate of drug-likeness (QED) is 0.237. The zero-order valence-corrected chi connectivity index (χ0v) is 5.93. The van der Waals surface area contributed by atoms with Crippen LogP contribution in [0.4, 0.5) is 0 Å². The minimum atomic E-state index is 0.685. The van der Waals surface area contributed by atoms with Crippen LogP contribution in [0.3, 0.4) is 0 Å². The molecule has 0 atom stereocenters. The largest absolute Gasteiger partial charge is 0.240 e. The summed E-state index contributed by atoms with van der Waals surface area (Å²) in [6, 6.07) is 0. The zero-order valence-electron chi connectivity index (χ0n) is 5.93. The highest BCUT2D eigenvalue weighted by molar-refractivity contribution is 4.64. The van der Waals surface area contributed by atoms with Gasteiger partial charge in [0.25, 0.3) is 0 Å². The Kier molecular flexibility index (Phi) is 7.37. The molecule has 0 radical (unpaired) electrons. The Labute approximate surface area is 56.4 Å². The average Bonchev–Trinajstić information content (AvgIpc) is 1.89. The van der Waals surface area contributed by atoms with Gasteiger partial charge >= 0.3 is 0 Å². The van der Waals surface area contributed by atoms with E-state index in [1.165, 1.54) is 7.11 Å². The molecule has 0 fully saturated rings. The smallest absolute Gasteiger partial charge is 0.0822 e. The summed E-state index contributed by atoms with van der Waals surface area (Å²) in [5.74, 6) is 0. The van der Waals surface area contributed by atoms with Crippen molar-refractivity contribution >= 4 is 0 Å². The normalized spacial score (nSPS) is 9.44. The number of hydrogen-bond acceptors (Lipinski definition) is 2. The van der Waals surface area contributed by atoms with Crippen molar-refractivity contribution in [2.24, 2.45) is 0 Å². The Bertz CT molecular complexity index is 61.9. The van der Waals surface area contributed by atoms with E-state index in [0.29, 0.717) is 6.61 Å². The monoisotopic (exact) mass is 130 g/mol. The van der Waals surface area contributed by atoms with Crippen molar-refractivity contribution in [1.82, 2.24) is 0 Å². The third kappa shape index (κ3) is 7.66. The van der Waals surface area contributed by atoms with E-state index in [1.807, 2.05) is 6.08 Å². The molecule has 0 aromatic carbocycles. The van der Waals surface area contributed by atoms with E-state index < -0.39 is 0 Å². The molecule has 2 heteroatoms. The molecular weight excluding hydrogens is 116 g/mol. The van der Waals surface area contributed by atoms with Crippen LogP contribution in [-0.4, -0.2) is 13.7 Å². The molecule has 0 aliphatic rings. The van der Waals surface area contributed by atoms with Gasteiger partial charge in [-0.2, -0.15) is 0 Å². The van der Waals surface area contributed by atoms with Gasteiger partial charge in [-0.25, -0.2) is 9.78 Å². The summed E-state index contributed by atoms with van der Waals surface area (Å²) in [4.78, 5) is 9.04. The van der Waals surface area contributed by atoms with Crippen LogP contribution in [-0.2, 0) is 9.78 Å². The van der Waals surface area contributed by atoms with Gasteiger partial charge < -0.3 is 0 Å². The summed E-state index contributed by atoms with van der Waals surface area (Å²) in [6.07, 6.45) is 5.15. The lowest BCUT2D eigenvalue weighted by molar-refractivity contribution is -0.272. The van der Waals surface area contributed by atoms with Gasteiger partial charge in [-0.15, -0.1) is 6.58 Å². The molecule has 0 N–H and O–H groups in total. The second-order valence-electron chi connectivity index (χ2n) is 1.77. The molecule has 54 valence electrons. The maximum absolute atomic E-state index is 4.65. The fourth-order valence-corrected chi connectivity index (χ4v) is 0.533. The molecule has 0 bridgehead atoms. The predicted octanol–water partition coefficient (Wildman–Crippen LogP) is 1.92. The second-order valence-corrected chi connectivity index (χ2v) is 1.77. The Balaban J connectivity index is 2.66. The first-order valence-corrected chi connectivity index (χ1v) is 3.18. The van der Waals surface area contributed by atoms with Gasteiger partial charge in [0.2, 0.25) is 0 Å². The molecule has 0 rings (SSSR count). The lowest BCUT2D eigenvalue weighted by Crippen LogP contribution is -1.91. The molecule has 0 saturated carbocycles. The van der Waals surface area contributed by atoms with E-state index >= 15 is 0 Å². The van der Waals surface area contributed by atoms with Crippen molar-refractivity contribution in [2.45, 2.75) is 19.3 Å². The van der Waals surface area contributed by atoms with Gasteiger partial charge in [0.05, 0.1) is 13.7 Å². The number of allylic oxidation sites excluding steroid dienone is 1. The summed E-state index contributed by atoms with van der Waals surface area (Å²) in [5.41, 5.74) is 0. The first-order chi connectivity index (χ1) is 4.41. The summed E-state index contributed by atoms with van der Waals surface area (Å²) in [7, 11) is 1.52. The highest BCUT2D eigenvalue weighted by Gasteiger charge is 1.84. The minimum absolute atomic E-state index is 0.685. The highest BCUT2D eigenvalue weighted by atomic mass is 17.2. The Morgan fingerprint density at radius 2 is 2.22 bits per heavy atom. The molecule has 0 amide bonds. The fraction of sp³-hybridized carbons (Fsp3) is 0.714. The van der Waals surface area contributed by atoms with Crippen molar-refractivity contribution in [3.8, 4) is 0 Å². The molecule has 0 aliphatic heterocycles.